The van der Waals surface area contributed by atoms with E-state index >= 15 is 0 Å². The molecule has 3 aromatic rings. The summed E-state index contributed by atoms with van der Waals surface area (Å²) in [5.74, 6) is -2.53. The average Bonchev–Trinajstić information content (AvgIpc) is 3.75. The molecular formula is C31H43F2N7O6S. The molecule has 4 rings (SSSR count). The van der Waals surface area contributed by atoms with Crippen LogP contribution in [-0.2, 0) is 20.7 Å². The minimum atomic E-state index is -0.796. The normalized spacial score (nSPS) is 13.4. The molecule has 0 bridgehead atoms. The number of esters is 1. The van der Waals surface area contributed by atoms with E-state index in [0.717, 1.165) is 37.8 Å². The second-order valence-electron chi connectivity index (χ2n) is 10.2. The van der Waals surface area contributed by atoms with E-state index in [-0.39, 0.29) is 48.8 Å². The number of amides is 1. The Morgan fingerprint density at radius 1 is 1.19 bits per heavy atom. The zero-order valence-corrected chi connectivity index (χ0v) is 27.7. The number of thiazole rings is 1. The molecule has 16 heteroatoms. The van der Waals surface area contributed by atoms with Crippen LogP contribution in [0.25, 0.3) is 10.6 Å². The number of hydrogen-bond donors (Lipinski definition) is 5. The van der Waals surface area contributed by atoms with Crippen molar-refractivity contribution in [1.82, 2.24) is 30.4 Å². The predicted octanol–water partition coefficient (Wildman–Crippen LogP) is 5.10. The van der Waals surface area contributed by atoms with Crippen LogP contribution in [0, 0.1) is 23.1 Å². The fourth-order valence-electron chi connectivity index (χ4n) is 4.11. The highest BCUT2D eigenvalue weighted by atomic mass is 32.1. The van der Waals surface area contributed by atoms with Crippen LogP contribution >= 0.6 is 11.3 Å². The van der Waals surface area contributed by atoms with Crippen molar-refractivity contribution in [2.24, 2.45) is 5.92 Å². The fraction of sp³-hybridized carbons (Fsp3) is 0.452. The Balaban J connectivity index is 0.00000126. The van der Waals surface area contributed by atoms with Crippen molar-refractivity contribution in [3.63, 3.8) is 0 Å². The summed E-state index contributed by atoms with van der Waals surface area (Å²) in [6.45, 7) is 9.40. The molecule has 1 atom stereocenters. The molecular weight excluding hydrogens is 636 g/mol. The minimum absolute atomic E-state index is 0.105. The first-order chi connectivity index (χ1) is 22.5. The van der Waals surface area contributed by atoms with Crippen molar-refractivity contribution >= 4 is 36.4 Å². The molecule has 0 spiro atoms. The van der Waals surface area contributed by atoms with Crippen LogP contribution < -0.4 is 10.6 Å². The van der Waals surface area contributed by atoms with E-state index in [1.165, 1.54) is 22.4 Å². The van der Waals surface area contributed by atoms with E-state index in [1.54, 1.807) is 51.7 Å². The molecule has 1 fully saturated rings. The summed E-state index contributed by atoms with van der Waals surface area (Å²) in [5.41, 5.74) is 1.07. The van der Waals surface area contributed by atoms with Gasteiger partial charge >= 0.3 is 5.97 Å². The number of pyridine rings is 1. The standard InChI is InChI=1S/C27H32F2N6O3S.C2H6O.CH3N.CH2O2/c1-16(2)27(37)38-17(3)35-14-18(12-31-35)26-34-23(15-39-26)25(36)32-20(13-30-19-7-5-4-6-8-19)11-22-21(28)9-10-24(29)33-22;1-2-3;1-2;2-1-3/h9-10,12-17,19,30H,4-8,11H2,1-3H3,(H,32,36);3H,2H2,1H3;2H,1H2;1H,(H,2,3)/b20-13+;;;. The maximum Gasteiger partial charge on any atom is 0.310 e. The molecule has 0 saturated heterocycles. The lowest BCUT2D eigenvalue weighted by atomic mass is 9.96. The third kappa shape index (κ3) is 14.2. The summed E-state index contributed by atoms with van der Waals surface area (Å²) in [5, 5.41) is 32.5. The second kappa shape index (κ2) is 22.0. The van der Waals surface area contributed by atoms with Gasteiger partial charge < -0.3 is 31.0 Å². The van der Waals surface area contributed by atoms with Gasteiger partial charge in [0.05, 0.1) is 17.8 Å². The predicted molar refractivity (Wildman–Crippen MR) is 174 cm³/mol. The first kappa shape index (κ1) is 40.5. The lowest BCUT2D eigenvalue weighted by Gasteiger charge is -2.22. The summed E-state index contributed by atoms with van der Waals surface area (Å²) in [6.07, 6.45) is 9.65. The molecule has 1 aliphatic rings. The molecule has 3 heterocycles. The largest absolute Gasteiger partial charge is 0.483 e. The maximum atomic E-state index is 14.3. The zero-order valence-electron chi connectivity index (χ0n) is 26.9. The Hall–Kier alpha value is -4.57. The van der Waals surface area contributed by atoms with Gasteiger partial charge in [0.25, 0.3) is 12.4 Å². The number of nitrogens with zero attached hydrogens (tertiary/aromatic N) is 4. The summed E-state index contributed by atoms with van der Waals surface area (Å²) >= 11 is 1.26. The number of aliphatic hydroxyl groups is 1. The van der Waals surface area contributed by atoms with Crippen molar-refractivity contribution in [2.45, 2.75) is 78.5 Å². The number of allylic oxidation sites excluding steroid dienone is 1. The number of nitrogens with one attached hydrogen (secondary N) is 3. The number of aliphatic hydroxyl groups excluding tert-OH is 1. The number of carbonyl (C=O) groups excluding carboxylic acids is 2. The van der Waals surface area contributed by atoms with Crippen LogP contribution in [-0.4, -0.2) is 67.7 Å². The monoisotopic (exact) mass is 679 g/mol. The molecule has 3 aromatic heterocycles. The Labute approximate surface area is 276 Å². The van der Waals surface area contributed by atoms with E-state index in [9.17, 15) is 18.4 Å². The highest BCUT2D eigenvalue weighted by molar-refractivity contribution is 7.13. The minimum Gasteiger partial charge on any atom is -0.483 e. The van der Waals surface area contributed by atoms with E-state index in [2.05, 4.69) is 32.4 Å². The molecule has 258 valence electrons. The Morgan fingerprint density at radius 3 is 2.45 bits per heavy atom. The lowest BCUT2D eigenvalue weighted by Crippen LogP contribution is -2.31. The molecule has 47 heavy (non-hydrogen) atoms. The van der Waals surface area contributed by atoms with Crippen molar-refractivity contribution in [1.29, 1.82) is 5.41 Å². The van der Waals surface area contributed by atoms with Crippen molar-refractivity contribution in [2.75, 3.05) is 6.61 Å². The molecule has 1 amide bonds. The molecule has 1 unspecified atom stereocenters. The van der Waals surface area contributed by atoms with Crippen molar-refractivity contribution in [3.05, 3.63) is 65.0 Å². The first-order valence-electron chi connectivity index (χ1n) is 14.8. The first-order valence-corrected chi connectivity index (χ1v) is 15.7. The van der Waals surface area contributed by atoms with Gasteiger partial charge in [-0.25, -0.2) is 19.0 Å². The number of ether oxygens (including phenoxy) is 1. The highest BCUT2D eigenvalue weighted by Gasteiger charge is 2.19. The zero-order chi connectivity index (χ0) is 35.4. The summed E-state index contributed by atoms with van der Waals surface area (Å²) in [7, 11) is 0. The summed E-state index contributed by atoms with van der Waals surface area (Å²) < 4.78 is 34.9. The lowest BCUT2D eigenvalue weighted by molar-refractivity contribution is -0.157. The third-order valence-electron chi connectivity index (χ3n) is 6.33. The van der Waals surface area contributed by atoms with Crippen LogP contribution in [0.3, 0.4) is 0 Å². The average molecular weight is 680 g/mol. The number of halogens is 2. The summed E-state index contributed by atoms with van der Waals surface area (Å²) in [4.78, 5) is 41.4. The van der Waals surface area contributed by atoms with Gasteiger partial charge in [0.2, 0.25) is 5.95 Å². The van der Waals surface area contributed by atoms with Gasteiger partial charge in [-0.15, -0.1) is 11.3 Å². The second-order valence-corrected chi connectivity index (χ2v) is 11.1. The number of carbonyl (C=O) groups is 3. The Kier molecular flexibility index (Phi) is 19.0. The van der Waals surface area contributed by atoms with Crippen molar-refractivity contribution < 1.29 is 38.1 Å². The Bertz CT molecular complexity index is 1430. The van der Waals surface area contributed by atoms with Crippen LogP contribution in [0.2, 0.25) is 0 Å². The number of carboxylic acid groups (broad SMARTS) is 1. The van der Waals surface area contributed by atoms with E-state index in [4.69, 9.17) is 25.2 Å². The van der Waals surface area contributed by atoms with Gasteiger partial charge in [0, 0.05) is 48.1 Å². The molecule has 5 N–H and O–H groups in total. The van der Waals surface area contributed by atoms with Gasteiger partial charge in [-0.05, 0) is 45.5 Å². The smallest absolute Gasteiger partial charge is 0.310 e. The SMILES string of the molecule is C=N.CC(C)C(=O)OC(C)n1cc(-c2nc(C(=O)N/C(=C/NC3CCCCC3)Cc3nc(F)ccc3F)cs2)cn1.CCO.O=CO. The van der Waals surface area contributed by atoms with Crippen LogP contribution in [0.5, 0.6) is 0 Å². The van der Waals surface area contributed by atoms with Gasteiger partial charge in [0.15, 0.2) is 6.23 Å². The molecule has 1 saturated carbocycles. The molecule has 1 aliphatic carbocycles. The summed E-state index contributed by atoms with van der Waals surface area (Å²) in [6, 6.07) is 2.22. The van der Waals surface area contributed by atoms with Gasteiger partial charge in [-0.1, -0.05) is 33.1 Å². The topological polar surface area (TPSA) is 192 Å². The van der Waals surface area contributed by atoms with Gasteiger partial charge in [-0.3, -0.25) is 14.4 Å². The van der Waals surface area contributed by atoms with E-state index in [0.29, 0.717) is 16.3 Å². The quantitative estimate of drug-likeness (QED) is 0.0834. The van der Waals surface area contributed by atoms with Crippen LogP contribution in [0.1, 0.15) is 82.2 Å². The van der Waals surface area contributed by atoms with Gasteiger partial charge in [0.1, 0.15) is 16.5 Å². The number of rotatable bonds is 10. The highest BCUT2D eigenvalue weighted by Crippen LogP contribution is 2.25. The molecule has 0 aromatic carbocycles. The fourth-order valence-corrected chi connectivity index (χ4v) is 4.88. The van der Waals surface area contributed by atoms with E-state index in [1.807, 2.05) is 0 Å². The maximum absolute atomic E-state index is 14.3. The van der Waals surface area contributed by atoms with Crippen LogP contribution in [0.4, 0.5) is 8.78 Å². The number of hydrogen-bond acceptors (Lipinski definition) is 11. The van der Waals surface area contributed by atoms with E-state index < -0.39 is 23.9 Å². The third-order valence-corrected chi connectivity index (χ3v) is 7.22. The van der Waals surface area contributed by atoms with Gasteiger partial charge in [-0.2, -0.15) is 9.49 Å². The number of aromatic nitrogens is 4. The molecule has 13 nitrogen and oxygen atoms in total. The molecule has 0 radical (unpaired) electrons. The van der Waals surface area contributed by atoms with Crippen molar-refractivity contribution in [3.8, 4) is 10.6 Å². The van der Waals surface area contributed by atoms with Crippen LogP contribution in [0.15, 0.2) is 41.8 Å². The Morgan fingerprint density at radius 2 is 1.83 bits per heavy atom. The molecule has 0 aliphatic heterocycles.